The molecule has 8 nitrogen and oxygen atoms in total. The van der Waals surface area contributed by atoms with Crippen LogP contribution in [-0.2, 0) is 4.74 Å². The first-order valence-electron chi connectivity index (χ1n) is 9.30. The van der Waals surface area contributed by atoms with Gasteiger partial charge in [-0.25, -0.2) is 4.68 Å². The molecule has 2 N–H and O–H groups in total. The van der Waals surface area contributed by atoms with Crippen LogP contribution in [0.15, 0.2) is 48.7 Å². The number of hydrogen-bond acceptors (Lipinski definition) is 6. The van der Waals surface area contributed by atoms with E-state index in [1.165, 1.54) is 0 Å². The van der Waals surface area contributed by atoms with Gasteiger partial charge < -0.3 is 15.4 Å². The molecular formula is C20H22N6O2. The van der Waals surface area contributed by atoms with Gasteiger partial charge in [-0.05, 0) is 44.0 Å². The van der Waals surface area contributed by atoms with Crippen molar-refractivity contribution in [1.29, 1.82) is 0 Å². The van der Waals surface area contributed by atoms with E-state index in [2.05, 4.69) is 25.9 Å². The Kier molecular flexibility index (Phi) is 5.29. The maximum atomic E-state index is 12.3. The first kappa shape index (κ1) is 18.1. The normalized spacial score (nSPS) is 14.6. The lowest BCUT2D eigenvalue weighted by Gasteiger charge is -2.22. The molecule has 0 spiro atoms. The Morgan fingerprint density at radius 1 is 1.11 bits per heavy atom. The number of benzene rings is 1. The number of nitrogens with zero attached hydrogens (tertiary/aromatic N) is 4. The summed E-state index contributed by atoms with van der Waals surface area (Å²) in [7, 11) is 0. The van der Waals surface area contributed by atoms with E-state index >= 15 is 0 Å². The zero-order valence-corrected chi connectivity index (χ0v) is 15.6. The number of aromatic nitrogens is 4. The second-order valence-corrected chi connectivity index (χ2v) is 6.68. The molecule has 0 aliphatic carbocycles. The van der Waals surface area contributed by atoms with E-state index in [1.54, 1.807) is 18.3 Å². The SMILES string of the molecule is Cc1c(Nc2ccc(C(=O)NC3CCOCC3)nn2)cnn1-c1ccccc1. The molecule has 0 bridgehead atoms. The van der Waals surface area contributed by atoms with Gasteiger partial charge in [0.1, 0.15) is 0 Å². The first-order valence-corrected chi connectivity index (χ1v) is 9.30. The van der Waals surface area contributed by atoms with Crippen molar-refractivity contribution in [3.63, 3.8) is 0 Å². The number of rotatable bonds is 5. The molecule has 8 heteroatoms. The molecule has 4 rings (SSSR count). The predicted octanol–water partition coefficient (Wildman–Crippen LogP) is 2.62. The van der Waals surface area contributed by atoms with Gasteiger partial charge in [0.25, 0.3) is 5.91 Å². The average Bonchev–Trinajstić information content (AvgIpc) is 3.10. The van der Waals surface area contributed by atoms with Crippen molar-refractivity contribution in [2.24, 2.45) is 0 Å². The van der Waals surface area contributed by atoms with Crippen molar-refractivity contribution in [3.05, 3.63) is 60.0 Å². The lowest BCUT2D eigenvalue weighted by Crippen LogP contribution is -2.39. The topological polar surface area (TPSA) is 94.0 Å². The van der Waals surface area contributed by atoms with E-state index in [-0.39, 0.29) is 11.9 Å². The third-order valence-electron chi connectivity index (χ3n) is 4.73. The van der Waals surface area contributed by atoms with Gasteiger partial charge in [0.15, 0.2) is 11.5 Å². The average molecular weight is 378 g/mol. The zero-order chi connectivity index (χ0) is 19.3. The Balaban J connectivity index is 1.42. The summed E-state index contributed by atoms with van der Waals surface area (Å²) in [6.45, 7) is 3.33. The minimum absolute atomic E-state index is 0.132. The second kappa shape index (κ2) is 8.18. The molecule has 1 aliphatic rings. The van der Waals surface area contributed by atoms with Crippen molar-refractivity contribution in [2.45, 2.75) is 25.8 Å². The summed E-state index contributed by atoms with van der Waals surface area (Å²) in [5.74, 6) is 0.345. The molecule has 1 aliphatic heterocycles. The highest BCUT2D eigenvalue weighted by molar-refractivity contribution is 5.92. The molecule has 0 atom stereocenters. The summed E-state index contributed by atoms with van der Waals surface area (Å²) in [6.07, 6.45) is 3.39. The van der Waals surface area contributed by atoms with Gasteiger partial charge in [-0.2, -0.15) is 5.10 Å². The number of anilines is 2. The van der Waals surface area contributed by atoms with Crippen LogP contribution in [0.3, 0.4) is 0 Å². The molecule has 0 radical (unpaired) electrons. The van der Waals surface area contributed by atoms with Crippen LogP contribution in [-0.4, -0.2) is 45.1 Å². The van der Waals surface area contributed by atoms with E-state index in [1.807, 2.05) is 41.9 Å². The summed E-state index contributed by atoms with van der Waals surface area (Å²) in [5.41, 5.74) is 3.07. The van der Waals surface area contributed by atoms with Crippen molar-refractivity contribution in [2.75, 3.05) is 18.5 Å². The van der Waals surface area contributed by atoms with Crippen LogP contribution in [0.2, 0.25) is 0 Å². The number of carbonyl (C=O) groups excluding carboxylic acids is 1. The molecular weight excluding hydrogens is 356 g/mol. The van der Waals surface area contributed by atoms with Gasteiger partial charge in [0.2, 0.25) is 0 Å². The molecule has 1 aromatic carbocycles. The molecule has 0 unspecified atom stereocenters. The lowest BCUT2D eigenvalue weighted by atomic mass is 10.1. The highest BCUT2D eigenvalue weighted by Crippen LogP contribution is 2.21. The molecule has 2 aromatic heterocycles. The van der Waals surface area contributed by atoms with E-state index in [9.17, 15) is 4.79 Å². The Hall–Kier alpha value is -3.26. The van der Waals surface area contributed by atoms with Crippen molar-refractivity contribution in [3.8, 4) is 5.69 Å². The standard InChI is InChI=1S/C20H22N6O2/c1-14-18(13-21-26(14)16-5-3-2-4-6-16)23-19-8-7-17(24-25-19)20(27)22-15-9-11-28-12-10-15/h2-8,13,15H,9-12H2,1H3,(H,22,27)(H,23,25). The summed E-state index contributed by atoms with van der Waals surface area (Å²) in [6, 6.07) is 13.4. The lowest BCUT2D eigenvalue weighted by molar-refractivity contribution is 0.0693. The summed E-state index contributed by atoms with van der Waals surface area (Å²) in [5, 5.41) is 18.8. The monoisotopic (exact) mass is 378 g/mol. The first-order chi connectivity index (χ1) is 13.7. The van der Waals surface area contributed by atoms with E-state index in [0.29, 0.717) is 24.7 Å². The van der Waals surface area contributed by atoms with Gasteiger partial charge in [-0.1, -0.05) is 18.2 Å². The van der Waals surface area contributed by atoms with Crippen LogP contribution >= 0.6 is 0 Å². The molecule has 1 fully saturated rings. The number of amides is 1. The largest absolute Gasteiger partial charge is 0.381 e. The smallest absolute Gasteiger partial charge is 0.272 e. The van der Waals surface area contributed by atoms with Crippen LogP contribution in [0.5, 0.6) is 0 Å². The molecule has 0 saturated carbocycles. The minimum Gasteiger partial charge on any atom is -0.381 e. The Morgan fingerprint density at radius 3 is 2.61 bits per heavy atom. The van der Waals surface area contributed by atoms with Crippen LogP contribution in [0, 0.1) is 6.92 Å². The van der Waals surface area contributed by atoms with Crippen LogP contribution in [0.1, 0.15) is 29.0 Å². The van der Waals surface area contributed by atoms with Crippen molar-refractivity contribution < 1.29 is 9.53 Å². The number of ether oxygens (including phenoxy) is 1. The molecule has 144 valence electrons. The van der Waals surface area contributed by atoms with Crippen molar-refractivity contribution in [1.82, 2.24) is 25.3 Å². The highest BCUT2D eigenvalue weighted by atomic mass is 16.5. The van der Waals surface area contributed by atoms with E-state index in [4.69, 9.17) is 4.74 Å². The van der Waals surface area contributed by atoms with E-state index < -0.39 is 0 Å². The molecule has 28 heavy (non-hydrogen) atoms. The van der Waals surface area contributed by atoms with Crippen LogP contribution in [0.25, 0.3) is 5.69 Å². The quantitative estimate of drug-likeness (QED) is 0.709. The maximum Gasteiger partial charge on any atom is 0.272 e. The van der Waals surface area contributed by atoms with Gasteiger partial charge in [-0.15, -0.1) is 10.2 Å². The predicted molar refractivity (Wildman–Crippen MR) is 105 cm³/mol. The molecule has 3 heterocycles. The van der Waals surface area contributed by atoms with Crippen LogP contribution < -0.4 is 10.6 Å². The Bertz CT molecular complexity index is 933. The highest BCUT2D eigenvalue weighted by Gasteiger charge is 2.18. The third-order valence-corrected chi connectivity index (χ3v) is 4.73. The summed E-state index contributed by atoms with van der Waals surface area (Å²) in [4.78, 5) is 12.3. The molecule has 1 amide bonds. The molecule has 1 saturated heterocycles. The minimum atomic E-state index is -0.209. The van der Waals surface area contributed by atoms with Crippen LogP contribution in [0.4, 0.5) is 11.5 Å². The maximum absolute atomic E-state index is 12.3. The third kappa shape index (κ3) is 4.01. The van der Waals surface area contributed by atoms with Gasteiger partial charge in [0.05, 0.1) is 23.3 Å². The Labute approximate surface area is 162 Å². The van der Waals surface area contributed by atoms with E-state index in [0.717, 1.165) is 29.9 Å². The number of para-hydroxylation sites is 1. The summed E-state index contributed by atoms with van der Waals surface area (Å²) < 4.78 is 7.16. The fourth-order valence-corrected chi connectivity index (χ4v) is 3.12. The van der Waals surface area contributed by atoms with Gasteiger partial charge in [0, 0.05) is 19.3 Å². The van der Waals surface area contributed by atoms with Gasteiger partial charge >= 0.3 is 0 Å². The summed E-state index contributed by atoms with van der Waals surface area (Å²) >= 11 is 0. The van der Waals surface area contributed by atoms with Gasteiger partial charge in [-0.3, -0.25) is 4.79 Å². The molecule has 3 aromatic rings. The fraction of sp³-hybridized carbons (Fsp3) is 0.300. The number of hydrogen-bond donors (Lipinski definition) is 2. The fourth-order valence-electron chi connectivity index (χ4n) is 3.12. The zero-order valence-electron chi connectivity index (χ0n) is 15.6. The second-order valence-electron chi connectivity index (χ2n) is 6.68. The number of carbonyl (C=O) groups is 1. The number of nitrogens with one attached hydrogen (secondary N) is 2. The van der Waals surface area contributed by atoms with Crippen molar-refractivity contribution >= 4 is 17.4 Å². The Morgan fingerprint density at radius 2 is 1.89 bits per heavy atom.